The topological polar surface area (TPSA) is 42.4 Å². The van der Waals surface area contributed by atoms with Gasteiger partial charge >= 0.3 is 12.3 Å². The van der Waals surface area contributed by atoms with Crippen LogP contribution in [-0.4, -0.2) is 16.7 Å². The van der Waals surface area contributed by atoms with Crippen molar-refractivity contribution in [1.29, 1.82) is 0 Å². The summed E-state index contributed by atoms with van der Waals surface area (Å²) < 4.78 is 44.9. The molecule has 0 radical (unpaired) electrons. The first-order valence-electron chi connectivity index (χ1n) is 7.71. The molecule has 0 aliphatic heterocycles. The summed E-state index contributed by atoms with van der Waals surface area (Å²) in [6, 6.07) is 6.49. The number of nitrogens with zero attached hydrogens (tertiary/aromatic N) is 2. The largest absolute Gasteiger partial charge is 0.443 e. The Labute approximate surface area is 154 Å². The van der Waals surface area contributed by atoms with Crippen molar-refractivity contribution in [2.24, 2.45) is 0 Å². The number of amides is 1. The van der Waals surface area contributed by atoms with Crippen molar-refractivity contribution in [3.05, 3.63) is 52.7 Å². The lowest BCUT2D eigenvalue weighted by Crippen LogP contribution is -2.34. The molecule has 140 valence electrons. The zero-order chi connectivity index (χ0) is 19.7. The van der Waals surface area contributed by atoms with Crippen LogP contribution in [0, 0.1) is 6.92 Å². The van der Waals surface area contributed by atoms with Crippen molar-refractivity contribution < 1.29 is 22.7 Å². The Balaban J connectivity index is 2.59. The molecule has 1 aromatic heterocycles. The van der Waals surface area contributed by atoms with Crippen molar-refractivity contribution in [2.75, 3.05) is 4.90 Å². The zero-order valence-electron chi connectivity index (χ0n) is 14.7. The highest BCUT2D eigenvalue weighted by Gasteiger charge is 2.35. The average Bonchev–Trinajstić information content (AvgIpc) is 2.46. The van der Waals surface area contributed by atoms with E-state index in [1.165, 1.54) is 12.3 Å². The van der Waals surface area contributed by atoms with Crippen LogP contribution in [0.5, 0.6) is 0 Å². The lowest BCUT2D eigenvalue weighted by Gasteiger charge is -2.27. The van der Waals surface area contributed by atoms with Gasteiger partial charge in [-0.2, -0.15) is 13.2 Å². The molecule has 0 aliphatic rings. The molecule has 0 fully saturated rings. The lowest BCUT2D eigenvalue weighted by molar-refractivity contribution is -0.137. The molecule has 0 unspecified atom stereocenters. The number of aryl methyl sites for hydroxylation is 1. The second kappa shape index (κ2) is 7.15. The molecule has 0 saturated carbocycles. The maximum atomic E-state index is 13.2. The predicted octanol–water partition coefficient (Wildman–Crippen LogP) is 6.14. The van der Waals surface area contributed by atoms with Crippen LogP contribution >= 0.6 is 11.6 Å². The van der Waals surface area contributed by atoms with Gasteiger partial charge in [-0.25, -0.2) is 14.7 Å². The van der Waals surface area contributed by atoms with Crippen molar-refractivity contribution in [3.8, 4) is 0 Å². The third kappa shape index (κ3) is 4.88. The molecule has 0 saturated heterocycles. The molecule has 0 bridgehead atoms. The number of pyridine rings is 1. The van der Waals surface area contributed by atoms with Gasteiger partial charge in [0, 0.05) is 6.20 Å². The van der Waals surface area contributed by atoms with Crippen LogP contribution in [0.4, 0.5) is 29.5 Å². The molecule has 0 spiro atoms. The molecule has 8 heteroatoms. The van der Waals surface area contributed by atoms with Crippen molar-refractivity contribution in [3.63, 3.8) is 0 Å². The van der Waals surface area contributed by atoms with E-state index in [0.717, 1.165) is 22.6 Å². The third-order valence-electron chi connectivity index (χ3n) is 3.22. The summed E-state index contributed by atoms with van der Waals surface area (Å²) in [6.07, 6.45) is -4.04. The average molecular weight is 387 g/mol. The molecule has 0 aliphatic carbocycles. The monoisotopic (exact) mass is 386 g/mol. The van der Waals surface area contributed by atoms with Gasteiger partial charge in [-0.05, 0) is 63.6 Å². The predicted molar refractivity (Wildman–Crippen MR) is 93.8 cm³/mol. The number of anilines is 2. The normalized spacial score (nSPS) is 12.0. The van der Waals surface area contributed by atoms with Gasteiger partial charge in [0.2, 0.25) is 0 Å². The fraction of sp³-hybridized carbons (Fsp3) is 0.333. The summed E-state index contributed by atoms with van der Waals surface area (Å²) in [4.78, 5) is 17.7. The highest BCUT2D eigenvalue weighted by molar-refractivity contribution is 6.31. The molecule has 1 heterocycles. The summed E-state index contributed by atoms with van der Waals surface area (Å²) in [6.45, 7) is 6.77. The fourth-order valence-corrected chi connectivity index (χ4v) is 2.38. The molecule has 0 atom stereocenters. The van der Waals surface area contributed by atoms with Crippen LogP contribution in [0.15, 0.2) is 36.5 Å². The first kappa shape index (κ1) is 20.0. The van der Waals surface area contributed by atoms with E-state index >= 15 is 0 Å². The van der Waals surface area contributed by atoms with Crippen molar-refractivity contribution in [1.82, 2.24) is 4.98 Å². The number of ether oxygens (including phenoxy) is 1. The third-order valence-corrected chi connectivity index (χ3v) is 3.55. The summed E-state index contributed by atoms with van der Waals surface area (Å²) in [5, 5.41) is -0.456. The minimum Gasteiger partial charge on any atom is -0.443 e. The number of aromatic nitrogens is 1. The Kier molecular flexibility index (Phi) is 5.51. The SMILES string of the molecule is Cc1ccnc(N(C(=O)OC(C)(C)C)c2ccc(Cl)c(C(F)(F)F)c2)c1. The van der Waals surface area contributed by atoms with E-state index in [1.807, 2.05) is 0 Å². The van der Waals surface area contributed by atoms with Gasteiger partial charge in [0.05, 0.1) is 16.3 Å². The van der Waals surface area contributed by atoms with E-state index < -0.39 is 28.5 Å². The number of halogens is 4. The number of alkyl halides is 3. The second-order valence-corrected chi connectivity index (χ2v) is 7.08. The van der Waals surface area contributed by atoms with E-state index in [1.54, 1.807) is 39.8 Å². The standard InChI is InChI=1S/C18H18ClF3N2O2/c1-11-7-8-23-15(9-11)24(16(25)26-17(2,3)4)12-5-6-14(19)13(10-12)18(20,21)22/h5-10H,1-4H3. The van der Waals surface area contributed by atoms with Crippen molar-refractivity contribution >= 4 is 29.2 Å². The first-order chi connectivity index (χ1) is 11.9. The minimum atomic E-state index is -4.66. The summed E-state index contributed by atoms with van der Waals surface area (Å²) in [7, 11) is 0. The van der Waals surface area contributed by atoms with Gasteiger partial charge in [-0.15, -0.1) is 0 Å². The van der Waals surface area contributed by atoms with Crippen LogP contribution in [0.25, 0.3) is 0 Å². The summed E-state index contributed by atoms with van der Waals surface area (Å²) in [5.41, 5.74) is -1.14. The van der Waals surface area contributed by atoms with Crippen molar-refractivity contribution in [2.45, 2.75) is 39.5 Å². The molecule has 1 amide bonds. The molecule has 26 heavy (non-hydrogen) atoms. The van der Waals surface area contributed by atoms with Gasteiger partial charge in [-0.3, -0.25) is 0 Å². The molecule has 2 aromatic rings. The number of carbonyl (C=O) groups is 1. The number of rotatable bonds is 2. The smallest absolute Gasteiger partial charge is 0.420 e. The maximum Gasteiger partial charge on any atom is 0.420 e. The Morgan fingerprint density at radius 3 is 2.35 bits per heavy atom. The quantitative estimate of drug-likeness (QED) is 0.623. The number of hydrogen-bond donors (Lipinski definition) is 0. The lowest BCUT2D eigenvalue weighted by atomic mass is 10.1. The Morgan fingerprint density at radius 2 is 1.81 bits per heavy atom. The van der Waals surface area contributed by atoms with Crippen LogP contribution in [0.2, 0.25) is 5.02 Å². The summed E-state index contributed by atoms with van der Waals surface area (Å²) >= 11 is 5.67. The Hall–Kier alpha value is -2.28. The molecule has 1 aromatic carbocycles. The first-order valence-corrected chi connectivity index (χ1v) is 8.09. The van der Waals surface area contributed by atoms with E-state index in [4.69, 9.17) is 16.3 Å². The van der Waals surface area contributed by atoms with Crippen LogP contribution in [-0.2, 0) is 10.9 Å². The summed E-state index contributed by atoms with van der Waals surface area (Å²) in [5.74, 6) is 0.148. The van der Waals surface area contributed by atoms with Gasteiger partial charge < -0.3 is 4.74 Å². The fourth-order valence-electron chi connectivity index (χ4n) is 2.15. The maximum absolute atomic E-state index is 13.2. The van der Waals surface area contributed by atoms with E-state index in [9.17, 15) is 18.0 Å². The highest BCUT2D eigenvalue weighted by atomic mass is 35.5. The van der Waals surface area contributed by atoms with Gasteiger partial charge in [0.25, 0.3) is 0 Å². The molecular weight excluding hydrogens is 369 g/mol. The van der Waals surface area contributed by atoms with Crippen LogP contribution in [0.1, 0.15) is 31.9 Å². The molecule has 4 nitrogen and oxygen atoms in total. The molecule has 2 rings (SSSR count). The second-order valence-electron chi connectivity index (χ2n) is 6.67. The number of benzene rings is 1. The minimum absolute atomic E-state index is 0.0472. The number of carbonyl (C=O) groups excluding carboxylic acids is 1. The van der Waals surface area contributed by atoms with Gasteiger partial charge in [-0.1, -0.05) is 11.6 Å². The van der Waals surface area contributed by atoms with Gasteiger partial charge in [0.1, 0.15) is 11.4 Å². The highest BCUT2D eigenvalue weighted by Crippen LogP contribution is 2.38. The van der Waals surface area contributed by atoms with E-state index in [2.05, 4.69) is 4.98 Å². The van der Waals surface area contributed by atoms with E-state index in [0.29, 0.717) is 0 Å². The Morgan fingerprint density at radius 1 is 1.15 bits per heavy atom. The molecular formula is C18H18ClF3N2O2. The van der Waals surface area contributed by atoms with Gasteiger partial charge in [0.15, 0.2) is 0 Å². The Bertz CT molecular complexity index is 817. The van der Waals surface area contributed by atoms with Crippen LogP contribution < -0.4 is 4.90 Å². The molecule has 0 N–H and O–H groups in total. The number of hydrogen-bond acceptors (Lipinski definition) is 3. The van der Waals surface area contributed by atoms with E-state index in [-0.39, 0.29) is 11.5 Å². The van der Waals surface area contributed by atoms with Crippen LogP contribution in [0.3, 0.4) is 0 Å². The zero-order valence-corrected chi connectivity index (χ0v) is 15.4.